The van der Waals surface area contributed by atoms with Crippen LogP contribution in [0.3, 0.4) is 0 Å². The van der Waals surface area contributed by atoms with Crippen molar-refractivity contribution in [2.45, 2.75) is 0 Å². The molecule has 0 atom stereocenters. The van der Waals surface area contributed by atoms with Crippen LogP contribution in [0.1, 0.15) is 0 Å². The summed E-state index contributed by atoms with van der Waals surface area (Å²) in [7, 11) is 0. The third-order valence-corrected chi connectivity index (χ3v) is 2.08. The average molecular weight is 216 g/mol. The van der Waals surface area contributed by atoms with Gasteiger partial charge in [0.15, 0.2) is 0 Å². The van der Waals surface area contributed by atoms with Crippen LogP contribution in [0.4, 0.5) is 11.5 Å². The Morgan fingerprint density at radius 2 is 2.00 bits per heavy atom. The van der Waals surface area contributed by atoms with E-state index in [4.69, 9.17) is 5.73 Å². The Bertz CT molecular complexity index is 528. The number of nitrogens with two attached hydrogens (primary N) is 1. The first kappa shape index (κ1) is 10.0. The van der Waals surface area contributed by atoms with Gasteiger partial charge in [0.05, 0.1) is 16.2 Å². The van der Waals surface area contributed by atoms with E-state index in [1.165, 1.54) is 12.3 Å². The number of hydrogen-bond acceptors (Lipinski definition) is 5. The molecule has 2 rings (SSSR count). The SMILES string of the molecule is Nc1nccc(-c2ccccn2)c1[N+](=O)[O-]. The third-order valence-electron chi connectivity index (χ3n) is 2.08. The Balaban J connectivity index is 2.66. The molecule has 0 spiro atoms. The van der Waals surface area contributed by atoms with Crippen LogP contribution in [0.25, 0.3) is 11.3 Å². The summed E-state index contributed by atoms with van der Waals surface area (Å²) >= 11 is 0. The van der Waals surface area contributed by atoms with Crippen LogP contribution in [0.5, 0.6) is 0 Å². The maximum Gasteiger partial charge on any atom is 0.320 e. The van der Waals surface area contributed by atoms with Crippen LogP contribution in [0.2, 0.25) is 0 Å². The largest absolute Gasteiger partial charge is 0.378 e. The van der Waals surface area contributed by atoms with E-state index in [9.17, 15) is 10.1 Å². The molecule has 0 saturated carbocycles. The number of aromatic nitrogens is 2. The summed E-state index contributed by atoms with van der Waals surface area (Å²) in [4.78, 5) is 18.1. The molecule has 6 nitrogen and oxygen atoms in total. The van der Waals surface area contributed by atoms with Crippen LogP contribution < -0.4 is 5.73 Å². The second kappa shape index (κ2) is 3.93. The topological polar surface area (TPSA) is 94.9 Å². The van der Waals surface area contributed by atoms with Gasteiger partial charge in [0.2, 0.25) is 5.82 Å². The molecule has 0 radical (unpaired) electrons. The van der Waals surface area contributed by atoms with E-state index >= 15 is 0 Å². The predicted molar refractivity (Wildman–Crippen MR) is 58.5 cm³/mol. The minimum absolute atomic E-state index is 0.104. The lowest BCUT2D eigenvalue weighted by Crippen LogP contribution is -2.00. The molecule has 0 unspecified atom stereocenters. The van der Waals surface area contributed by atoms with Gasteiger partial charge in [-0.15, -0.1) is 0 Å². The molecule has 2 aromatic rings. The van der Waals surface area contributed by atoms with Gasteiger partial charge in [0.1, 0.15) is 0 Å². The zero-order valence-electron chi connectivity index (χ0n) is 8.20. The lowest BCUT2D eigenvalue weighted by atomic mass is 10.1. The molecule has 0 aromatic carbocycles. The molecule has 0 bridgehead atoms. The van der Waals surface area contributed by atoms with Crippen molar-refractivity contribution in [1.82, 2.24) is 9.97 Å². The monoisotopic (exact) mass is 216 g/mol. The second-order valence-corrected chi connectivity index (χ2v) is 3.06. The van der Waals surface area contributed by atoms with Crippen molar-refractivity contribution in [1.29, 1.82) is 0 Å². The van der Waals surface area contributed by atoms with E-state index in [0.717, 1.165) is 0 Å². The highest BCUT2D eigenvalue weighted by molar-refractivity contribution is 5.76. The Hall–Kier alpha value is -2.50. The minimum Gasteiger partial charge on any atom is -0.378 e. The fourth-order valence-corrected chi connectivity index (χ4v) is 1.39. The van der Waals surface area contributed by atoms with Gasteiger partial charge in [-0.1, -0.05) is 6.07 Å². The first-order valence-corrected chi connectivity index (χ1v) is 4.50. The highest BCUT2D eigenvalue weighted by Crippen LogP contribution is 2.31. The Morgan fingerprint density at radius 3 is 2.62 bits per heavy atom. The molecule has 6 heteroatoms. The van der Waals surface area contributed by atoms with Gasteiger partial charge < -0.3 is 5.73 Å². The molecule has 80 valence electrons. The highest BCUT2D eigenvalue weighted by Gasteiger charge is 2.20. The van der Waals surface area contributed by atoms with Crippen molar-refractivity contribution in [2.75, 3.05) is 5.73 Å². The molecule has 0 amide bonds. The summed E-state index contributed by atoms with van der Waals surface area (Å²) in [5.41, 5.74) is 6.15. The molecule has 0 aliphatic heterocycles. The van der Waals surface area contributed by atoms with E-state index in [2.05, 4.69) is 9.97 Å². The molecular weight excluding hydrogens is 208 g/mol. The van der Waals surface area contributed by atoms with Gasteiger partial charge in [0.25, 0.3) is 0 Å². The molecule has 2 aromatic heterocycles. The van der Waals surface area contributed by atoms with E-state index in [-0.39, 0.29) is 11.5 Å². The summed E-state index contributed by atoms with van der Waals surface area (Å²) in [6.45, 7) is 0. The Morgan fingerprint density at radius 1 is 1.19 bits per heavy atom. The van der Waals surface area contributed by atoms with E-state index < -0.39 is 4.92 Å². The van der Waals surface area contributed by atoms with Crippen LogP contribution in [0.15, 0.2) is 36.7 Å². The molecule has 16 heavy (non-hydrogen) atoms. The first-order valence-electron chi connectivity index (χ1n) is 4.50. The zero-order valence-corrected chi connectivity index (χ0v) is 8.20. The summed E-state index contributed by atoms with van der Waals surface area (Å²) in [5, 5.41) is 10.9. The fourth-order valence-electron chi connectivity index (χ4n) is 1.39. The lowest BCUT2D eigenvalue weighted by Gasteiger charge is -2.03. The number of rotatable bonds is 2. The first-order chi connectivity index (χ1) is 7.70. The standard InChI is InChI=1S/C10H8N4O2/c11-10-9(14(15)16)7(4-6-13-10)8-3-1-2-5-12-8/h1-6H,(H2,11,13). The van der Waals surface area contributed by atoms with Gasteiger partial charge in [-0.25, -0.2) is 4.98 Å². The van der Waals surface area contributed by atoms with Crippen molar-refractivity contribution in [3.05, 3.63) is 46.8 Å². The summed E-state index contributed by atoms with van der Waals surface area (Å²) in [6.07, 6.45) is 2.99. The highest BCUT2D eigenvalue weighted by atomic mass is 16.6. The fraction of sp³-hybridized carbons (Fsp3) is 0. The summed E-state index contributed by atoms with van der Waals surface area (Å²) < 4.78 is 0. The molecule has 0 aliphatic rings. The molecule has 0 saturated heterocycles. The van der Waals surface area contributed by atoms with Crippen molar-refractivity contribution in [3.8, 4) is 11.3 Å². The number of pyridine rings is 2. The molecule has 2 heterocycles. The smallest absolute Gasteiger partial charge is 0.320 e. The quantitative estimate of drug-likeness (QED) is 0.608. The van der Waals surface area contributed by atoms with Gasteiger partial charge in [-0.2, -0.15) is 0 Å². The van der Waals surface area contributed by atoms with Crippen LogP contribution in [0, 0.1) is 10.1 Å². The number of nitrogens with zero attached hydrogens (tertiary/aromatic N) is 3. The number of nitrogen functional groups attached to an aromatic ring is 1. The van der Waals surface area contributed by atoms with Gasteiger partial charge in [-0.3, -0.25) is 15.1 Å². The molecule has 0 fully saturated rings. The number of anilines is 1. The van der Waals surface area contributed by atoms with Gasteiger partial charge in [0, 0.05) is 12.4 Å². The second-order valence-electron chi connectivity index (χ2n) is 3.06. The van der Waals surface area contributed by atoms with Crippen LogP contribution >= 0.6 is 0 Å². The maximum absolute atomic E-state index is 10.9. The maximum atomic E-state index is 10.9. The summed E-state index contributed by atoms with van der Waals surface area (Å²) in [5.74, 6) is -0.104. The normalized spacial score (nSPS) is 10.0. The van der Waals surface area contributed by atoms with Gasteiger partial charge in [-0.05, 0) is 18.2 Å². The molecule has 0 aliphatic carbocycles. The van der Waals surface area contributed by atoms with Crippen LogP contribution in [-0.2, 0) is 0 Å². The average Bonchev–Trinajstić information content (AvgIpc) is 2.29. The van der Waals surface area contributed by atoms with Crippen molar-refractivity contribution in [3.63, 3.8) is 0 Å². The van der Waals surface area contributed by atoms with Crippen LogP contribution in [-0.4, -0.2) is 14.9 Å². The molecular formula is C10H8N4O2. The van der Waals surface area contributed by atoms with Crippen molar-refractivity contribution >= 4 is 11.5 Å². The Labute approximate surface area is 90.9 Å². The molecule has 2 N–H and O–H groups in total. The summed E-state index contributed by atoms with van der Waals surface area (Å²) in [6, 6.07) is 6.70. The number of nitro groups is 1. The lowest BCUT2D eigenvalue weighted by molar-refractivity contribution is -0.383. The zero-order chi connectivity index (χ0) is 11.5. The predicted octanol–water partition coefficient (Wildman–Crippen LogP) is 1.63. The van der Waals surface area contributed by atoms with E-state index in [0.29, 0.717) is 11.3 Å². The number of hydrogen-bond donors (Lipinski definition) is 1. The Kier molecular flexibility index (Phi) is 2.47. The van der Waals surface area contributed by atoms with Crippen molar-refractivity contribution in [2.24, 2.45) is 0 Å². The van der Waals surface area contributed by atoms with E-state index in [1.807, 2.05) is 0 Å². The van der Waals surface area contributed by atoms with Gasteiger partial charge >= 0.3 is 5.69 Å². The van der Waals surface area contributed by atoms with Crippen molar-refractivity contribution < 1.29 is 4.92 Å². The minimum atomic E-state index is -0.549. The third kappa shape index (κ3) is 1.68. The van der Waals surface area contributed by atoms with E-state index in [1.54, 1.807) is 24.4 Å².